The summed E-state index contributed by atoms with van der Waals surface area (Å²) in [5, 5.41) is 8.23. The van der Waals surface area contributed by atoms with Gasteiger partial charge in [0.2, 0.25) is 0 Å². The van der Waals surface area contributed by atoms with Gasteiger partial charge in [0.05, 0.1) is 44.5 Å². The molecule has 2 aliphatic rings. The Balaban J connectivity index is 1.56. The van der Waals surface area contributed by atoms with E-state index in [0.717, 1.165) is 87.1 Å². The molecule has 0 radical (unpaired) electrons. The van der Waals surface area contributed by atoms with Crippen LogP contribution in [0.2, 0.25) is 0 Å². The first-order valence-corrected chi connectivity index (χ1v) is 14.3. The Bertz CT molecular complexity index is 1440. The van der Waals surface area contributed by atoms with Crippen LogP contribution in [0.1, 0.15) is 30.7 Å². The van der Waals surface area contributed by atoms with Gasteiger partial charge in [-0.1, -0.05) is 0 Å². The predicted molar refractivity (Wildman–Crippen MR) is 139 cm³/mol. The molecule has 1 fully saturated rings. The van der Waals surface area contributed by atoms with Gasteiger partial charge in [-0.2, -0.15) is 4.98 Å². The lowest BCUT2D eigenvalue weighted by molar-refractivity contribution is 0.0639. The average molecular weight is 526 g/mol. The topological polar surface area (TPSA) is 112 Å². The van der Waals surface area contributed by atoms with Gasteiger partial charge in [0.1, 0.15) is 5.82 Å². The van der Waals surface area contributed by atoms with Crippen molar-refractivity contribution in [1.29, 1.82) is 0 Å². The summed E-state index contributed by atoms with van der Waals surface area (Å²) in [5.74, 6) is 2.31. The van der Waals surface area contributed by atoms with Crippen molar-refractivity contribution in [2.45, 2.75) is 37.0 Å². The highest BCUT2D eigenvalue weighted by molar-refractivity contribution is 7.85. The molecule has 0 bridgehead atoms. The van der Waals surface area contributed by atoms with Crippen LogP contribution in [0.25, 0.3) is 32.0 Å². The number of hydrogen-bond acceptors (Lipinski definition) is 10. The number of fused-ring (bicyclic) bond motifs is 2. The SMILES string of the molecule is CNc1nccc2cc(-c3c(-c4nc(OC)no4)c(CCC4CCOCC4)nc4c3S(=O)CC4)sc12. The minimum absolute atomic E-state index is 0.158. The van der Waals surface area contributed by atoms with Crippen molar-refractivity contribution in [3.8, 4) is 27.9 Å². The number of thiophene rings is 1. The molecular weight excluding hydrogens is 498 g/mol. The lowest BCUT2D eigenvalue weighted by Gasteiger charge is -2.22. The van der Waals surface area contributed by atoms with Crippen LogP contribution in [0.3, 0.4) is 0 Å². The molecule has 9 nitrogen and oxygen atoms in total. The second-order valence-electron chi connectivity index (χ2n) is 9.00. The van der Waals surface area contributed by atoms with Gasteiger partial charge in [-0.25, -0.2) is 4.98 Å². The largest absolute Gasteiger partial charge is 0.465 e. The molecule has 188 valence electrons. The minimum Gasteiger partial charge on any atom is -0.465 e. The molecule has 6 heterocycles. The molecule has 0 amide bonds. The molecule has 2 aliphatic heterocycles. The first-order valence-electron chi connectivity index (χ1n) is 12.1. The van der Waals surface area contributed by atoms with Crippen molar-refractivity contribution in [1.82, 2.24) is 20.1 Å². The summed E-state index contributed by atoms with van der Waals surface area (Å²) < 4.78 is 30.8. The number of pyridine rings is 2. The molecule has 1 saturated heterocycles. The number of ether oxygens (including phenoxy) is 2. The number of nitrogens with zero attached hydrogens (tertiary/aromatic N) is 4. The number of rotatable bonds is 7. The van der Waals surface area contributed by atoms with Gasteiger partial charge >= 0.3 is 6.01 Å². The maximum Gasteiger partial charge on any atom is 0.354 e. The highest BCUT2D eigenvalue weighted by atomic mass is 32.2. The first kappa shape index (κ1) is 23.5. The summed E-state index contributed by atoms with van der Waals surface area (Å²) >= 11 is 1.62. The molecule has 1 N–H and O–H groups in total. The molecule has 1 atom stereocenters. The van der Waals surface area contributed by atoms with Gasteiger partial charge in [0, 0.05) is 49.1 Å². The molecule has 1 unspecified atom stereocenters. The van der Waals surface area contributed by atoms with E-state index in [4.69, 9.17) is 19.0 Å². The number of aromatic nitrogens is 4. The summed E-state index contributed by atoms with van der Waals surface area (Å²) in [7, 11) is 2.22. The molecule has 0 spiro atoms. The van der Waals surface area contributed by atoms with E-state index in [2.05, 4.69) is 26.5 Å². The molecule has 6 rings (SSSR count). The summed E-state index contributed by atoms with van der Waals surface area (Å²) in [5.41, 5.74) is 3.46. The van der Waals surface area contributed by atoms with Crippen LogP contribution in [-0.2, 0) is 28.4 Å². The standard InChI is InChI=1S/C25H27N5O4S2/c1-26-23-21-15(5-9-27-23)13-18(35-21)20-19(24-29-25(32-2)30-34-24)16(4-3-14-6-10-33-11-7-14)28-17-8-12-36(31)22(17)20/h5,9,13-14H,3-4,6-8,10-12H2,1-2H3,(H,26,27). The lowest BCUT2D eigenvalue weighted by atomic mass is 9.91. The van der Waals surface area contributed by atoms with E-state index in [1.807, 2.05) is 13.1 Å². The molecule has 4 aromatic heterocycles. The Kier molecular flexibility index (Phi) is 6.44. The van der Waals surface area contributed by atoms with Crippen molar-refractivity contribution in [2.75, 3.05) is 38.4 Å². The fourth-order valence-electron chi connectivity index (χ4n) is 5.06. The number of hydrogen-bond donors (Lipinski definition) is 1. The number of nitrogens with one attached hydrogen (secondary N) is 1. The Labute approximate surface area is 215 Å². The van der Waals surface area contributed by atoms with Gasteiger partial charge < -0.3 is 19.3 Å². The summed E-state index contributed by atoms with van der Waals surface area (Å²) in [6, 6.07) is 4.29. The second-order valence-corrected chi connectivity index (χ2v) is 11.6. The third-order valence-corrected chi connectivity index (χ3v) is 9.55. The van der Waals surface area contributed by atoms with E-state index in [1.165, 1.54) is 7.11 Å². The van der Waals surface area contributed by atoms with Crippen molar-refractivity contribution in [3.63, 3.8) is 0 Å². The van der Waals surface area contributed by atoms with Gasteiger partial charge in [-0.3, -0.25) is 9.19 Å². The van der Waals surface area contributed by atoms with E-state index >= 15 is 0 Å². The van der Waals surface area contributed by atoms with Crippen LogP contribution in [-0.4, -0.2) is 57.4 Å². The van der Waals surface area contributed by atoms with Gasteiger partial charge in [-0.15, -0.1) is 11.3 Å². The van der Waals surface area contributed by atoms with Crippen LogP contribution < -0.4 is 10.1 Å². The summed E-state index contributed by atoms with van der Waals surface area (Å²) in [6.45, 7) is 1.62. The predicted octanol–water partition coefficient (Wildman–Crippen LogP) is 4.48. The van der Waals surface area contributed by atoms with Crippen molar-refractivity contribution in [3.05, 3.63) is 29.7 Å². The van der Waals surface area contributed by atoms with Gasteiger partial charge in [0.15, 0.2) is 0 Å². The quantitative estimate of drug-likeness (QED) is 0.373. The fourth-order valence-corrected chi connectivity index (χ4v) is 7.77. The molecule has 4 aromatic rings. The second kappa shape index (κ2) is 9.87. The lowest BCUT2D eigenvalue weighted by Crippen LogP contribution is -2.16. The zero-order chi connectivity index (χ0) is 24.6. The maximum atomic E-state index is 13.3. The monoisotopic (exact) mass is 525 g/mol. The smallest absolute Gasteiger partial charge is 0.354 e. The van der Waals surface area contributed by atoms with Crippen LogP contribution in [0, 0.1) is 5.92 Å². The van der Waals surface area contributed by atoms with E-state index < -0.39 is 10.8 Å². The molecule has 11 heteroatoms. The highest BCUT2D eigenvalue weighted by Gasteiger charge is 2.33. The van der Waals surface area contributed by atoms with Gasteiger partial charge in [-0.05, 0) is 54.3 Å². The number of anilines is 1. The highest BCUT2D eigenvalue weighted by Crippen LogP contribution is 2.47. The van der Waals surface area contributed by atoms with Crippen molar-refractivity contribution in [2.24, 2.45) is 5.92 Å². The van der Waals surface area contributed by atoms with E-state index in [1.54, 1.807) is 17.5 Å². The van der Waals surface area contributed by atoms with Crippen LogP contribution in [0.5, 0.6) is 6.01 Å². The van der Waals surface area contributed by atoms with E-state index in [0.29, 0.717) is 24.0 Å². The Morgan fingerprint density at radius 2 is 2.11 bits per heavy atom. The van der Waals surface area contributed by atoms with E-state index in [9.17, 15) is 4.21 Å². The first-order chi connectivity index (χ1) is 17.7. The van der Waals surface area contributed by atoms with Crippen molar-refractivity contribution >= 4 is 38.0 Å². The minimum atomic E-state index is -1.16. The zero-order valence-electron chi connectivity index (χ0n) is 20.2. The average Bonchev–Trinajstić information content (AvgIpc) is 3.65. The zero-order valence-corrected chi connectivity index (χ0v) is 21.8. The van der Waals surface area contributed by atoms with Gasteiger partial charge in [0.25, 0.3) is 5.89 Å². The van der Waals surface area contributed by atoms with Crippen LogP contribution in [0.4, 0.5) is 5.82 Å². The van der Waals surface area contributed by atoms with E-state index in [-0.39, 0.29) is 6.01 Å². The third-order valence-electron chi connectivity index (χ3n) is 6.90. The Morgan fingerprint density at radius 3 is 2.89 bits per heavy atom. The molecular formula is C25H27N5O4S2. The molecule has 0 aliphatic carbocycles. The maximum absolute atomic E-state index is 13.3. The summed E-state index contributed by atoms with van der Waals surface area (Å²) in [6.07, 6.45) is 6.37. The Morgan fingerprint density at radius 1 is 1.25 bits per heavy atom. The van der Waals surface area contributed by atoms with Crippen LogP contribution >= 0.6 is 11.3 Å². The summed E-state index contributed by atoms with van der Waals surface area (Å²) in [4.78, 5) is 15.8. The molecule has 36 heavy (non-hydrogen) atoms. The fraction of sp³-hybridized carbons (Fsp3) is 0.440. The molecule has 0 aromatic carbocycles. The third kappa shape index (κ3) is 4.18. The number of aryl methyl sites for hydroxylation is 2. The molecule has 0 saturated carbocycles. The Hall–Kier alpha value is -2.89. The van der Waals surface area contributed by atoms with Crippen molar-refractivity contribution < 1.29 is 18.2 Å². The number of methoxy groups -OCH3 is 1. The normalized spacial score (nSPS) is 18.0. The van der Waals surface area contributed by atoms with Crippen LogP contribution in [0.15, 0.2) is 27.7 Å².